The summed E-state index contributed by atoms with van der Waals surface area (Å²) in [5, 5.41) is 0. The number of methoxy groups -OCH3 is 1. The number of aryl methyl sites for hydroxylation is 1. The van der Waals surface area contributed by atoms with E-state index >= 15 is 0 Å². The number of carbonyl (C=O) groups excluding carboxylic acids is 1. The molecule has 23 heavy (non-hydrogen) atoms. The normalized spacial score (nSPS) is 12.9. The van der Waals surface area contributed by atoms with Crippen LogP contribution in [0.4, 0.5) is 4.39 Å². The van der Waals surface area contributed by atoms with Gasteiger partial charge in [-0.1, -0.05) is 18.2 Å². The molecule has 1 N–H and O–H groups in total. The van der Waals surface area contributed by atoms with Crippen LogP contribution < -0.4 is 10.2 Å². The summed E-state index contributed by atoms with van der Waals surface area (Å²) in [5.41, 5.74) is 5.28. The molecule has 3 rings (SSSR count). The molecule has 1 aliphatic rings. The van der Waals surface area contributed by atoms with E-state index in [1.165, 1.54) is 18.2 Å². The lowest BCUT2D eigenvalue weighted by atomic mass is 9.95. The smallest absolute Gasteiger partial charge is 0.365 e. The summed E-state index contributed by atoms with van der Waals surface area (Å²) in [6.45, 7) is 0. The molecule has 118 valence electrons. The number of rotatable bonds is 4. The van der Waals surface area contributed by atoms with Crippen molar-refractivity contribution in [2.24, 2.45) is 0 Å². The summed E-state index contributed by atoms with van der Waals surface area (Å²) in [6.07, 6.45) is 3.65. The number of allylic oxidation sites excluding steroid dienone is 1. The number of fused-ring (bicyclic) bond motifs is 1. The molecule has 0 spiro atoms. The summed E-state index contributed by atoms with van der Waals surface area (Å²) in [6, 6.07) is 11.4. The molecule has 0 saturated carbocycles. The maximum absolute atomic E-state index is 13.6. The van der Waals surface area contributed by atoms with Crippen LogP contribution in [0.15, 0.2) is 48.5 Å². The first-order valence-electron chi connectivity index (χ1n) is 7.28. The zero-order valence-electron chi connectivity index (χ0n) is 12.6. The number of ether oxygens (including phenoxy) is 1. The molecular formula is C18H16FNO3. The highest BCUT2D eigenvalue weighted by molar-refractivity contribution is 5.90. The van der Waals surface area contributed by atoms with E-state index < -0.39 is 11.8 Å². The van der Waals surface area contributed by atoms with E-state index in [1.54, 1.807) is 13.2 Å². The number of hydroxylamine groups is 1. The van der Waals surface area contributed by atoms with Gasteiger partial charge in [0.2, 0.25) is 0 Å². The quantitative estimate of drug-likeness (QED) is 0.878. The van der Waals surface area contributed by atoms with Crippen molar-refractivity contribution >= 4 is 11.7 Å². The van der Waals surface area contributed by atoms with Crippen LogP contribution in [0.1, 0.15) is 27.9 Å². The Morgan fingerprint density at radius 2 is 2.04 bits per heavy atom. The van der Waals surface area contributed by atoms with Crippen LogP contribution in [0.3, 0.4) is 0 Å². The van der Waals surface area contributed by atoms with Gasteiger partial charge in [0.05, 0.1) is 18.4 Å². The molecule has 0 unspecified atom stereocenters. The molecule has 0 aliphatic heterocycles. The fourth-order valence-corrected chi connectivity index (χ4v) is 2.53. The van der Waals surface area contributed by atoms with Gasteiger partial charge in [-0.2, -0.15) is 0 Å². The van der Waals surface area contributed by atoms with Gasteiger partial charge in [-0.3, -0.25) is 0 Å². The van der Waals surface area contributed by atoms with Crippen molar-refractivity contribution < 1.29 is 18.8 Å². The highest BCUT2D eigenvalue weighted by Gasteiger charge is 2.17. The van der Waals surface area contributed by atoms with E-state index in [0.29, 0.717) is 5.70 Å². The average Bonchev–Trinajstić information content (AvgIpc) is 2.59. The van der Waals surface area contributed by atoms with Gasteiger partial charge in [0.15, 0.2) is 0 Å². The molecule has 2 aromatic rings. The van der Waals surface area contributed by atoms with Crippen molar-refractivity contribution in [2.45, 2.75) is 12.8 Å². The van der Waals surface area contributed by atoms with Crippen LogP contribution in [-0.2, 0) is 11.3 Å². The van der Waals surface area contributed by atoms with Gasteiger partial charge in [0.25, 0.3) is 0 Å². The van der Waals surface area contributed by atoms with Gasteiger partial charge < -0.3 is 9.57 Å². The SMILES string of the molecule is COc1ccc2c(c1)CCC=C2NOC(=O)c1ccccc1F. The van der Waals surface area contributed by atoms with Crippen LogP contribution in [0, 0.1) is 5.82 Å². The number of nitrogens with one attached hydrogen (secondary N) is 1. The van der Waals surface area contributed by atoms with Crippen LogP contribution in [0.5, 0.6) is 5.75 Å². The first kappa shape index (κ1) is 15.1. The third-order valence-corrected chi connectivity index (χ3v) is 3.71. The third-order valence-electron chi connectivity index (χ3n) is 3.71. The molecule has 0 atom stereocenters. The average molecular weight is 313 g/mol. The monoisotopic (exact) mass is 313 g/mol. The van der Waals surface area contributed by atoms with E-state index in [1.807, 2.05) is 24.3 Å². The molecule has 0 saturated heterocycles. The van der Waals surface area contributed by atoms with Crippen molar-refractivity contribution in [3.8, 4) is 5.75 Å². The maximum Gasteiger partial charge on any atom is 0.365 e. The first-order chi connectivity index (χ1) is 11.2. The second kappa shape index (κ2) is 6.52. The molecule has 0 aromatic heterocycles. The lowest BCUT2D eigenvalue weighted by molar-refractivity contribution is 0.0362. The van der Waals surface area contributed by atoms with Crippen molar-refractivity contribution in [1.82, 2.24) is 5.48 Å². The number of carbonyl (C=O) groups is 1. The van der Waals surface area contributed by atoms with Crippen LogP contribution in [0.2, 0.25) is 0 Å². The van der Waals surface area contributed by atoms with E-state index in [4.69, 9.17) is 9.57 Å². The zero-order chi connectivity index (χ0) is 16.2. The Hall–Kier alpha value is -2.82. The van der Waals surface area contributed by atoms with Crippen molar-refractivity contribution in [2.75, 3.05) is 7.11 Å². The lowest BCUT2D eigenvalue weighted by Crippen LogP contribution is -2.21. The van der Waals surface area contributed by atoms with Gasteiger partial charge >= 0.3 is 5.97 Å². The molecule has 1 aliphatic carbocycles. The molecule has 0 fully saturated rings. The Labute approximate surface area is 133 Å². The Balaban J connectivity index is 1.74. The Morgan fingerprint density at radius 3 is 2.83 bits per heavy atom. The van der Waals surface area contributed by atoms with E-state index in [9.17, 15) is 9.18 Å². The fraction of sp³-hybridized carbons (Fsp3) is 0.167. The first-order valence-corrected chi connectivity index (χ1v) is 7.28. The Kier molecular flexibility index (Phi) is 4.28. The number of benzene rings is 2. The molecule has 0 heterocycles. The summed E-state index contributed by atoms with van der Waals surface area (Å²) in [7, 11) is 1.62. The molecule has 0 bridgehead atoms. The minimum absolute atomic E-state index is 0.105. The molecule has 5 heteroatoms. The molecular weight excluding hydrogens is 297 g/mol. The Morgan fingerprint density at radius 1 is 1.22 bits per heavy atom. The molecule has 4 nitrogen and oxygen atoms in total. The standard InChI is InChI=1S/C18H16FNO3/c1-22-13-9-10-14-12(11-13)5-4-8-17(14)20-23-18(21)15-6-2-3-7-16(15)19/h2-3,6-11,20H,4-5H2,1H3. The summed E-state index contributed by atoms with van der Waals surface area (Å²) in [4.78, 5) is 17.0. The largest absolute Gasteiger partial charge is 0.497 e. The highest BCUT2D eigenvalue weighted by atomic mass is 19.1. The Bertz CT molecular complexity index is 771. The minimum Gasteiger partial charge on any atom is -0.497 e. The third kappa shape index (κ3) is 3.18. The molecule has 2 aromatic carbocycles. The van der Waals surface area contributed by atoms with E-state index in [-0.39, 0.29) is 5.56 Å². The minimum atomic E-state index is -0.760. The van der Waals surface area contributed by atoms with Crippen molar-refractivity contribution in [3.05, 3.63) is 71.0 Å². The number of hydrogen-bond acceptors (Lipinski definition) is 4. The van der Waals surface area contributed by atoms with Gasteiger partial charge in [-0.15, -0.1) is 0 Å². The highest BCUT2D eigenvalue weighted by Crippen LogP contribution is 2.28. The second-order valence-corrected chi connectivity index (χ2v) is 5.15. The van der Waals surface area contributed by atoms with E-state index in [2.05, 4.69) is 5.48 Å². The van der Waals surface area contributed by atoms with Gasteiger partial charge in [-0.25, -0.2) is 14.7 Å². The topological polar surface area (TPSA) is 47.6 Å². The summed E-state index contributed by atoms with van der Waals surface area (Å²) in [5.74, 6) is -0.583. The molecule has 0 amide bonds. The number of hydrogen-bond donors (Lipinski definition) is 1. The predicted molar refractivity (Wildman–Crippen MR) is 84.2 cm³/mol. The second-order valence-electron chi connectivity index (χ2n) is 5.15. The van der Waals surface area contributed by atoms with Crippen molar-refractivity contribution in [3.63, 3.8) is 0 Å². The maximum atomic E-state index is 13.6. The van der Waals surface area contributed by atoms with Crippen LogP contribution in [-0.4, -0.2) is 13.1 Å². The number of halogens is 1. The fourth-order valence-electron chi connectivity index (χ4n) is 2.53. The van der Waals surface area contributed by atoms with E-state index in [0.717, 1.165) is 29.7 Å². The van der Waals surface area contributed by atoms with Gasteiger partial charge in [-0.05, 0) is 48.7 Å². The van der Waals surface area contributed by atoms with Gasteiger partial charge in [0, 0.05) is 5.56 Å². The summed E-state index contributed by atoms with van der Waals surface area (Å²) >= 11 is 0. The zero-order valence-corrected chi connectivity index (χ0v) is 12.6. The molecule has 0 radical (unpaired) electrons. The van der Waals surface area contributed by atoms with Gasteiger partial charge in [0.1, 0.15) is 11.6 Å². The summed E-state index contributed by atoms with van der Waals surface area (Å²) < 4.78 is 18.8. The predicted octanol–water partition coefficient (Wildman–Crippen LogP) is 3.48. The van der Waals surface area contributed by atoms with Crippen molar-refractivity contribution in [1.29, 1.82) is 0 Å². The lowest BCUT2D eigenvalue weighted by Gasteiger charge is -2.19. The van der Waals surface area contributed by atoms with Crippen LogP contribution >= 0.6 is 0 Å². The van der Waals surface area contributed by atoms with Crippen LogP contribution in [0.25, 0.3) is 5.70 Å².